The Morgan fingerprint density at radius 3 is 2.32 bits per heavy atom. The number of carbonyl (C=O) groups is 3. The van der Waals surface area contributed by atoms with Gasteiger partial charge >= 0.3 is 0 Å². The maximum absolute atomic E-state index is 13.0. The Bertz CT molecular complexity index is 1440. The minimum absolute atomic E-state index is 0.0490. The second kappa shape index (κ2) is 11.6. The van der Waals surface area contributed by atoms with E-state index in [9.17, 15) is 28.9 Å². The van der Waals surface area contributed by atoms with Crippen LogP contribution in [-0.2, 0) is 16.2 Å². The number of nitrogens with zero attached hydrogens (tertiary/aromatic N) is 2. The average Bonchev–Trinajstić information content (AvgIpc) is 3.12. The smallest absolute Gasteiger partial charge is 0.294 e. The van der Waals surface area contributed by atoms with Gasteiger partial charge in [-0.05, 0) is 77.5 Å². The number of hydrogen-bond donors (Lipinski definition) is 1. The molecule has 1 fully saturated rings. The van der Waals surface area contributed by atoms with Gasteiger partial charge in [-0.3, -0.25) is 29.4 Å². The first kappa shape index (κ1) is 27.1. The number of nitro groups is 1. The van der Waals surface area contributed by atoms with Crippen molar-refractivity contribution in [3.63, 3.8) is 0 Å². The van der Waals surface area contributed by atoms with Gasteiger partial charge in [-0.1, -0.05) is 23.2 Å². The maximum Gasteiger partial charge on any atom is 0.294 e. The Morgan fingerprint density at radius 2 is 1.71 bits per heavy atom. The third-order valence-electron chi connectivity index (χ3n) is 5.15. The summed E-state index contributed by atoms with van der Waals surface area (Å²) in [5, 5.41) is 12.9. The number of halogens is 3. The SMILES string of the molecule is O=C(CN1C(=O)S/C(=C\c2cc(Cl)c(OCc3ccc([N+](=O)[O-])cc3)c(Cl)c2)C1=O)Nc1ccc(F)cc1. The number of hydrogen-bond acceptors (Lipinski definition) is 7. The van der Waals surface area contributed by atoms with Crippen molar-refractivity contribution >= 4 is 69.5 Å². The molecule has 38 heavy (non-hydrogen) atoms. The van der Waals surface area contributed by atoms with E-state index < -0.39 is 34.3 Å². The van der Waals surface area contributed by atoms with Gasteiger partial charge in [0.25, 0.3) is 16.8 Å². The number of ether oxygens (including phenoxy) is 1. The number of imide groups is 1. The Morgan fingerprint density at radius 1 is 1.08 bits per heavy atom. The van der Waals surface area contributed by atoms with E-state index in [1.165, 1.54) is 54.6 Å². The Hall–Kier alpha value is -3.93. The average molecular weight is 576 g/mol. The summed E-state index contributed by atoms with van der Waals surface area (Å²) < 4.78 is 18.7. The monoisotopic (exact) mass is 575 g/mol. The van der Waals surface area contributed by atoms with Crippen molar-refractivity contribution in [2.45, 2.75) is 6.61 Å². The van der Waals surface area contributed by atoms with Crippen molar-refractivity contribution in [2.24, 2.45) is 0 Å². The zero-order valence-corrected chi connectivity index (χ0v) is 21.5. The third-order valence-corrected chi connectivity index (χ3v) is 6.62. The number of carbonyl (C=O) groups excluding carboxylic acids is 3. The van der Waals surface area contributed by atoms with Crippen LogP contribution in [0.5, 0.6) is 5.75 Å². The van der Waals surface area contributed by atoms with Crippen molar-refractivity contribution in [1.29, 1.82) is 0 Å². The standard InChI is InChI=1S/C25H16Cl2FN3O6S/c26-19-9-15(10-20(27)23(19)37-13-14-1-7-18(8-2-14)31(35)36)11-21-24(33)30(25(34)38-21)12-22(32)29-17-5-3-16(28)4-6-17/h1-11H,12-13H2,(H,29,32)/b21-11-. The van der Waals surface area contributed by atoms with Gasteiger partial charge in [0.1, 0.15) is 19.0 Å². The summed E-state index contributed by atoms with van der Waals surface area (Å²) >= 11 is 13.3. The van der Waals surface area contributed by atoms with Crippen molar-refractivity contribution < 1.29 is 28.4 Å². The lowest BCUT2D eigenvalue weighted by atomic mass is 10.2. The molecule has 0 saturated carbocycles. The number of amides is 3. The minimum atomic E-state index is -0.667. The second-order valence-electron chi connectivity index (χ2n) is 7.85. The number of thioether (sulfide) groups is 1. The summed E-state index contributed by atoms with van der Waals surface area (Å²) in [5.74, 6) is -1.58. The summed E-state index contributed by atoms with van der Waals surface area (Å²) in [6.07, 6.45) is 1.42. The number of benzene rings is 3. The lowest BCUT2D eigenvalue weighted by molar-refractivity contribution is -0.384. The van der Waals surface area contributed by atoms with Crippen molar-refractivity contribution in [3.05, 3.63) is 103 Å². The van der Waals surface area contributed by atoms with E-state index in [2.05, 4.69) is 5.32 Å². The van der Waals surface area contributed by atoms with Crippen LogP contribution in [0.4, 0.5) is 20.6 Å². The van der Waals surface area contributed by atoms with Crippen LogP contribution >= 0.6 is 35.0 Å². The summed E-state index contributed by atoms with van der Waals surface area (Å²) in [7, 11) is 0. The molecule has 3 aromatic rings. The summed E-state index contributed by atoms with van der Waals surface area (Å²) in [6.45, 7) is -0.466. The molecule has 0 atom stereocenters. The van der Waals surface area contributed by atoms with Crippen molar-refractivity contribution in [1.82, 2.24) is 4.90 Å². The molecule has 3 amide bonds. The van der Waals surface area contributed by atoms with Crippen LogP contribution in [0.1, 0.15) is 11.1 Å². The molecule has 194 valence electrons. The van der Waals surface area contributed by atoms with E-state index in [0.29, 0.717) is 28.6 Å². The molecule has 13 heteroatoms. The Labute approximate surface area is 229 Å². The van der Waals surface area contributed by atoms with Gasteiger partial charge in [0.05, 0.1) is 19.9 Å². The van der Waals surface area contributed by atoms with E-state index >= 15 is 0 Å². The minimum Gasteiger partial charge on any atom is -0.486 e. The zero-order valence-electron chi connectivity index (χ0n) is 19.2. The highest BCUT2D eigenvalue weighted by atomic mass is 35.5. The number of non-ortho nitro benzene ring substituents is 1. The quantitative estimate of drug-likeness (QED) is 0.190. The van der Waals surface area contributed by atoms with E-state index in [1.54, 1.807) is 12.1 Å². The lowest BCUT2D eigenvalue weighted by Crippen LogP contribution is -2.36. The molecule has 3 aromatic carbocycles. The summed E-state index contributed by atoms with van der Waals surface area (Å²) in [6, 6.07) is 13.8. The maximum atomic E-state index is 13.0. The van der Waals surface area contributed by atoms with Gasteiger partial charge in [0.15, 0.2) is 5.75 Å². The molecule has 0 spiro atoms. The largest absolute Gasteiger partial charge is 0.486 e. The third kappa shape index (κ3) is 6.49. The highest BCUT2D eigenvalue weighted by Gasteiger charge is 2.36. The molecule has 4 rings (SSSR count). The van der Waals surface area contributed by atoms with Crippen molar-refractivity contribution in [2.75, 3.05) is 11.9 Å². The molecule has 0 unspecified atom stereocenters. The van der Waals surface area contributed by atoms with Crippen LogP contribution in [-0.4, -0.2) is 33.4 Å². The normalized spacial score (nSPS) is 14.2. The Kier molecular flexibility index (Phi) is 8.30. The first-order valence-corrected chi connectivity index (χ1v) is 12.3. The van der Waals surface area contributed by atoms with Crippen LogP contribution in [0.2, 0.25) is 10.0 Å². The fourth-order valence-corrected chi connectivity index (χ4v) is 4.79. The van der Waals surface area contributed by atoms with Crippen LogP contribution in [0.3, 0.4) is 0 Å². The van der Waals surface area contributed by atoms with Crippen molar-refractivity contribution in [3.8, 4) is 5.75 Å². The number of rotatable bonds is 8. The number of nitro benzene ring substituents is 1. The number of anilines is 1. The zero-order chi connectivity index (χ0) is 27.4. The molecular formula is C25H16Cl2FN3O6S. The van der Waals surface area contributed by atoms with Gasteiger partial charge in [-0.25, -0.2) is 4.39 Å². The summed E-state index contributed by atoms with van der Waals surface area (Å²) in [4.78, 5) is 48.6. The summed E-state index contributed by atoms with van der Waals surface area (Å²) in [5.41, 5.74) is 1.35. The molecular weight excluding hydrogens is 560 g/mol. The fraction of sp³-hybridized carbons (Fsp3) is 0.0800. The van der Waals surface area contributed by atoms with Gasteiger partial charge in [-0.15, -0.1) is 0 Å². The molecule has 1 aliphatic heterocycles. The first-order chi connectivity index (χ1) is 18.1. The van der Waals surface area contributed by atoms with Gasteiger partial charge in [0, 0.05) is 17.8 Å². The van der Waals surface area contributed by atoms with Crippen LogP contribution in [0.25, 0.3) is 6.08 Å². The molecule has 1 N–H and O–H groups in total. The van der Waals surface area contributed by atoms with E-state index in [0.717, 1.165) is 4.90 Å². The topological polar surface area (TPSA) is 119 Å². The van der Waals surface area contributed by atoms with Crippen LogP contribution in [0, 0.1) is 15.9 Å². The molecule has 0 aromatic heterocycles. The molecule has 0 aliphatic carbocycles. The van der Waals surface area contributed by atoms with Crippen LogP contribution in [0.15, 0.2) is 65.6 Å². The first-order valence-electron chi connectivity index (χ1n) is 10.8. The lowest BCUT2D eigenvalue weighted by Gasteiger charge is -2.12. The fourth-order valence-electron chi connectivity index (χ4n) is 3.34. The molecule has 1 saturated heterocycles. The van der Waals surface area contributed by atoms with E-state index in [-0.39, 0.29) is 33.0 Å². The van der Waals surface area contributed by atoms with Gasteiger partial charge in [-0.2, -0.15) is 0 Å². The molecule has 0 bridgehead atoms. The molecule has 0 radical (unpaired) electrons. The van der Waals surface area contributed by atoms with E-state index in [4.69, 9.17) is 27.9 Å². The second-order valence-corrected chi connectivity index (χ2v) is 9.66. The van der Waals surface area contributed by atoms with E-state index in [1.807, 2.05) is 0 Å². The highest BCUT2D eigenvalue weighted by molar-refractivity contribution is 8.18. The predicted octanol–water partition coefficient (Wildman–Crippen LogP) is 6.29. The highest BCUT2D eigenvalue weighted by Crippen LogP contribution is 2.38. The predicted molar refractivity (Wildman–Crippen MR) is 142 cm³/mol. The van der Waals surface area contributed by atoms with Gasteiger partial charge < -0.3 is 10.1 Å². The van der Waals surface area contributed by atoms with Gasteiger partial charge in [0.2, 0.25) is 5.91 Å². The van der Waals surface area contributed by atoms with Crippen LogP contribution < -0.4 is 10.1 Å². The number of nitrogens with one attached hydrogen (secondary N) is 1. The Balaban J connectivity index is 1.42. The molecule has 1 heterocycles. The molecule has 1 aliphatic rings. The molecule has 9 nitrogen and oxygen atoms in total.